The van der Waals surface area contributed by atoms with E-state index in [1.807, 2.05) is 20.8 Å². The lowest BCUT2D eigenvalue weighted by molar-refractivity contribution is -0.121. The number of nitrogens with one attached hydrogen (secondary N) is 3. The molecule has 0 fully saturated rings. The average Bonchev–Trinajstić information content (AvgIpc) is 2.53. The third kappa shape index (κ3) is 9.10. The highest BCUT2D eigenvalue weighted by molar-refractivity contribution is 5.86. The number of rotatable bonds is 7. The lowest BCUT2D eigenvalue weighted by Crippen LogP contribution is -2.48. The van der Waals surface area contributed by atoms with Gasteiger partial charge in [0.15, 0.2) is 5.96 Å². The molecule has 0 heterocycles. The Morgan fingerprint density at radius 1 is 1.20 bits per heavy atom. The molecule has 6 nitrogen and oxygen atoms in total. The monoisotopic (exact) mass is 347 g/mol. The Bertz CT molecular complexity index is 577. The van der Waals surface area contributed by atoms with Crippen LogP contribution in [0, 0.1) is 0 Å². The summed E-state index contributed by atoms with van der Waals surface area (Å²) < 4.78 is 0. The normalized spacial score (nSPS) is 12.2. The van der Waals surface area contributed by atoms with Gasteiger partial charge in [0.25, 0.3) is 0 Å². The summed E-state index contributed by atoms with van der Waals surface area (Å²) in [7, 11) is 3.81. The Balaban J connectivity index is 2.49. The van der Waals surface area contributed by atoms with Gasteiger partial charge < -0.3 is 20.9 Å². The standard InChI is InChI=1S/C19H33N5O/c1-7-24(6)14-16-10-8-9-15(11-16)12-21-18(20-5)22-13-17(25)23-19(2,3)4/h8-11H,7,12-14H2,1-6H3,(H,23,25)(H2,20,21,22). The molecule has 0 aliphatic heterocycles. The van der Waals surface area contributed by atoms with Gasteiger partial charge in [-0.05, 0) is 45.5 Å². The minimum absolute atomic E-state index is 0.0555. The molecule has 0 saturated heterocycles. The Morgan fingerprint density at radius 3 is 2.48 bits per heavy atom. The fourth-order valence-electron chi connectivity index (χ4n) is 2.29. The number of nitrogens with zero attached hydrogens (tertiary/aromatic N) is 2. The summed E-state index contributed by atoms with van der Waals surface area (Å²) >= 11 is 0. The van der Waals surface area contributed by atoms with E-state index in [0.717, 1.165) is 13.1 Å². The maximum absolute atomic E-state index is 11.9. The number of aliphatic imine (C=N–C) groups is 1. The first-order valence-corrected chi connectivity index (χ1v) is 8.75. The third-order valence-electron chi connectivity index (χ3n) is 3.60. The first-order valence-electron chi connectivity index (χ1n) is 8.75. The van der Waals surface area contributed by atoms with Gasteiger partial charge in [0, 0.05) is 25.7 Å². The molecule has 1 aromatic carbocycles. The van der Waals surface area contributed by atoms with Gasteiger partial charge in [0.1, 0.15) is 0 Å². The highest BCUT2D eigenvalue weighted by Crippen LogP contribution is 2.07. The van der Waals surface area contributed by atoms with Crippen molar-refractivity contribution in [1.29, 1.82) is 0 Å². The molecular formula is C19H33N5O. The second kappa shape index (κ2) is 10.0. The second-order valence-corrected chi connectivity index (χ2v) is 7.23. The predicted octanol–water partition coefficient (Wildman–Crippen LogP) is 1.72. The maximum Gasteiger partial charge on any atom is 0.239 e. The molecule has 0 radical (unpaired) electrons. The van der Waals surface area contributed by atoms with E-state index in [1.54, 1.807) is 7.05 Å². The quantitative estimate of drug-likeness (QED) is 0.519. The van der Waals surface area contributed by atoms with E-state index >= 15 is 0 Å². The van der Waals surface area contributed by atoms with Crippen molar-refractivity contribution >= 4 is 11.9 Å². The number of carbonyl (C=O) groups excluding carboxylic acids is 1. The van der Waals surface area contributed by atoms with Crippen LogP contribution in [-0.2, 0) is 17.9 Å². The van der Waals surface area contributed by atoms with Gasteiger partial charge in [-0.2, -0.15) is 0 Å². The van der Waals surface area contributed by atoms with E-state index in [2.05, 4.69) is 64.1 Å². The zero-order chi connectivity index (χ0) is 18.9. The number of benzene rings is 1. The molecule has 0 bridgehead atoms. The van der Waals surface area contributed by atoms with Crippen molar-refractivity contribution in [3.8, 4) is 0 Å². The smallest absolute Gasteiger partial charge is 0.239 e. The molecule has 0 aliphatic rings. The molecule has 1 amide bonds. The lowest BCUT2D eigenvalue weighted by Gasteiger charge is -2.21. The Morgan fingerprint density at radius 2 is 1.88 bits per heavy atom. The van der Waals surface area contributed by atoms with Crippen LogP contribution in [0.25, 0.3) is 0 Å². The summed E-state index contributed by atoms with van der Waals surface area (Å²) in [5.74, 6) is 0.556. The van der Waals surface area contributed by atoms with E-state index in [1.165, 1.54) is 11.1 Å². The highest BCUT2D eigenvalue weighted by Gasteiger charge is 2.13. The molecule has 1 rings (SSSR count). The van der Waals surface area contributed by atoms with E-state index in [0.29, 0.717) is 12.5 Å². The Kier molecular flexibility index (Phi) is 8.41. The number of guanidine groups is 1. The van der Waals surface area contributed by atoms with E-state index in [4.69, 9.17) is 0 Å². The summed E-state index contributed by atoms with van der Waals surface area (Å²) in [4.78, 5) is 18.3. The van der Waals surface area contributed by atoms with Gasteiger partial charge in [-0.15, -0.1) is 0 Å². The molecule has 0 unspecified atom stereocenters. The van der Waals surface area contributed by atoms with Crippen molar-refractivity contribution in [2.75, 3.05) is 27.2 Å². The summed E-state index contributed by atoms with van der Waals surface area (Å²) in [5.41, 5.74) is 2.24. The zero-order valence-electron chi connectivity index (χ0n) is 16.4. The van der Waals surface area contributed by atoms with Crippen LogP contribution in [0.2, 0.25) is 0 Å². The van der Waals surface area contributed by atoms with Crippen LogP contribution in [0.5, 0.6) is 0 Å². The van der Waals surface area contributed by atoms with E-state index in [9.17, 15) is 4.79 Å². The molecule has 0 aromatic heterocycles. The summed E-state index contributed by atoms with van der Waals surface area (Å²) in [6.07, 6.45) is 0. The van der Waals surface area contributed by atoms with Crippen LogP contribution < -0.4 is 16.0 Å². The zero-order valence-corrected chi connectivity index (χ0v) is 16.4. The lowest BCUT2D eigenvalue weighted by atomic mass is 10.1. The van der Waals surface area contributed by atoms with Gasteiger partial charge in [0.2, 0.25) is 5.91 Å². The SMILES string of the molecule is CCN(C)Cc1cccc(CNC(=NC)NCC(=O)NC(C)(C)C)c1. The topological polar surface area (TPSA) is 68.8 Å². The van der Waals surface area contributed by atoms with Crippen LogP contribution >= 0.6 is 0 Å². The Hall–Kier alpha value is -2.08. The van der Waals surface area contributed by atoms with Gasteiger partial charge in [-0.3, -0.25) is 9.79 Å². The number of amides is 1. The number of carbonyl (C=O) groups is 1. The van der Waals surface area contributed by atoms with Crippen molar-refractivity contribution in [2.45, 2.75) is 46.3 Å². The van der Waals surface area contributed by atoms with Crippen LogP contribution in [0.1, 0.15) is 38.8 Å². The van der Waals surface area contributed by atoms with Crippen LogP contribution in [0.3, 0.4) is 0 Å². The first kappa shape index (κ1) is 21.0. The molecule has 0 atom stereocenters. The van der Waals surface area contributed by atoms with E-state index in [-0.39, 0.29) is 18.0 Å². The molecular weight excluding hydrogens is 314 g/mol. The minimum Gasteiger partial charge on any atom is -0.352 e. The summed E-state index contributed by atoms with van der Waals surface area (Å²) in [5, 5.41) is 9.19. The summed E-state index contributed by atoms with van der Waals surface area (Å²) in [6.45, 7) is 10.8. The van der Waals surface area contributed by atoms with Crippen LogP contribution in [0.15, 0.2) is 29.3 Å². The van der Waals surface area contributed by atoms with Gasteiger partial charge in [0.05, 0.1) is 6.54 Å². The Labute approximate surface area is 152 Å². The van der Waals surface area contributed by atoms with Crippen molar-refractivity contribution in [2.24, 2.45) is 4.99 Å². The van der Waals surface area contributed by atoms with Crippen molar-refractivity contribution < 1.29 is 4.79 Å². The molecule has 0 saturated carbocycles. The number of hydrogen-bond donors (Lipinski definition) is 3. The molecule has 1 aromatic rings. The van der Waals surface area contributed by atoms with Gasteiger partial charge >= 0.3 is 0 Å². The third-order valence-corrected chi connectivity index (χ3v) is 3.60. The average molecular weight is 348 g/mol. The second-order valence-electron chi connectivity index (χ2n) is 7.23. The molecule has 3 N–H and O–H groups in total. The van der Waals surface area contributed by atoms with Gasteiger partial charge in [-0.1, -0.05) is 31.2 Å². The summed E-state index contributed by atoms with van der Waals surface area (Å²) in [6, 6.07) is 8.49. The largest absolute Gasteiger partial charge is 0.352 e. The minimum atomic E-state index is -0.234. The maximum atomic E-state index is 11.9. The van der Waals surface area contributed by atoms with Crippen LogP contribution in [0.4, 0.5) is 0 Å². The molecule has 0 spiro atoms. The fraction of sp³-hybridized carbons (Fsp3) is 0.579. The molecule has 25 heavy (non-hydrogen) atoms. The van der Waals surface area contributed by atoms with Gasteiger partial charge in [-0.25, -0.2) is 0 Å². The van der Waals surface area contributed by atoms with Crippen LogP contribution in [-0.4, -0.2) is 49.5 Å². The number of hydrogen-bond acceptors (Lipinski definition) is 3. The fourth-order valence-corrected chi connectivity index (χ4v) is 2.29. The van der Waals surface area contributed by atoms with Crippen molar-refractivity contribution in [3.05, 3.63) is 35.4 Å². The first-order chi connectivity index (χ1) is 11.7. The molecule has 0 aliphatic carbocycles. The molecule has 6 heteroatoms. The highest BCUT2D eigenvalue weighted by atomic mass is 16.2. The van der Waals surface area contributed by atoms with Crippen molar-refractivity contribution in [1.82, 2.24) is 20.9 Å². The van der Waals surface area contributed by atoms with E-state index < -0.39 is 0 Å². The van der Waals surface area contributed by atoms with Crippen molar-refractivity contribution in [3.63, 3.8) is 0 Å². The molecule has 140 valence electrons. The predicted molar refractivity (Wildman–Crippen MR) is 105 cm³/mol.